The molecule has 7 nitrogen and oxygen atoms in total. The van der Waals surface area contributed by atoms with Crippen molar-refractivity contribution in [3.63, 3.8) is 0 Å². The van der Waals surface area contributed by atoms with Crippen LogP contribution in [-0.2, 0) is 14.7 Å². The molecule has 0 bridgehead atoms. The van der Waals surface area contributed by atoms with Gasteiger partial charge in [-0.3, -0.25) is 9.08 Å². The standard InChI is InChI=1S/C18H17ClN2O5S.K/c1-12-5-2-3-6-14(12)18(22)21-10-4-7-16(20-26-27(23,24)25)15-9-8-13(19)11-17(15)21;/h2-3,5-6,8-9,11H,4,7,10H2,1H3,(H,23,24,25);/q;+1/p-1/b20-16+;. The molecule has 0 unspecified atom stereocenters. The predicted octanol–water partition coefficient (Wildman–Crippen LogP) is 0.274. The maximum absolute atomic E-state index is 13.1. The quantitative estimate of drug-likeness (QED) is 0.292. The Morgan fingerprint density at radius 1 is 1.25 bits per heavy atom. The summed E-state index contributed by atoms with van der Waals surface area (Å²) in [5, 5.41) is 3.92. The van der Waals surface area contributed by atoms with Gasteiger partial charge in [0.15, 0.2) is 0 Å². The van der Waals surface area contributed by atoms with Crippen LogP contribution in [0.5, 0.6) is 0 Å². The molecule has 0 saturated carbocycles. The Morgan fingerprint density at radius 3 is 2.64 bits per heavy atom. The van der Waals surface area contributed by atoms with E-state index in [2.05, 4.69) is 9.44 Å². The predicted molar refractivity (Wildman–Crippen MR) is 101 cm³/mol. The second-order valence-corrected chi connectivity index (χ2v) is 7.46. The molecule has 0 N–H and O–H groups in total. The number of nitrogens with zero attached hydrogens (tertiary/aromatic N) is 2. The third kappa shape index (κ3) is 5.64. The van der Waals surface area contributed by atoms with Crippen molar-refractivity contribution in [1.82, 2.24) is 0 Å². The molecule has 142 valence electrons. The Labute approximate surface area is 211 Å². The molecule has 28 heavy (non-hydrogen) atoms. The van der Waals surface area contributed by atoms with Crippen molar-refractivity contribution in [2.24, 2.45) is 5.16 Å². The van der Waals surface area contributed by atoms with Crippen LogP contribution >= 0.6 is 11.6 Å². The fourth-order valence-electron chi connectivity index (χ4n) is 2.99. The molecule has 0 radical (unpaired) electrons. The Balaban J connectivity index is 0.00000280. The maximum Gasteiger partial charge on any atom is 1.00 e. The summed E-state index contributed by atoms with van der Waals surface area (Å²) in [6, 6.07) is 12.1. The Morgan fingerprint density at radius 2 is 1.96 bits per heavy atom. The van der Waals surface area contributed by atoms with Crippen molar-refractivity contribution < 1.29 is 73.4 Å². The summed E-state index contributed by atoms with van der Waals surface area (Å²) in [5.74, 6) is -0.199. The van der Waals surface area contributed by atoms with Crippen LogP contribution in [0.15, 0.2) is 47.6 Å². The Hall–Kier alpha value is -0.784. The van der Waals surface area contributed by atoms with E-state index in [1.165, 1.54) is 0 Å². The van der Waals surface area contributed by atoms with Gasteiger partial charge in [-0.25, -0.2) is 0 Å². The van der Waals surface area contributed by atoms with Gasteiger partial charge in [0.1, 0.15) is 0 Å². The number of anilines is 1. The molecule has 1 aliphatic heterocycles. The fourth-order valence-corrected chi connectivity index (χ4v) is 3.33. The van der Waals surface area contributed by atoms with E-state index in [4.69, 9.17) is 11.6 Å². The van der Waals surface area contributed by atoms with Gasteiger partial charge in [0.05, 0.1) is 11.4 Å². The molecular weight excluding hydrogens is 431 g/mol. The minimum Gasteiger partial charge on any atom is -0.714 e. The van der Waals surface area contributed by atoms with Gasteiger partial charge >= 0.3 is 51.4 Å². The number of benzene rings is 2. The van der Waals surface area contributed by atoms with Crippen molar-refractivity contribution >= 4 is 39.3 Å². The molecule has 1 aliphatic rings. The molecule has 10 heteroatoms. The van der Waals surface area contributed by atoms with Crippen LogP contribution in [0.2, 0.25) is 5.02 Å². The average Bonchev–Trinajstić information content (AvgIpc) is 2.78. The van der Waals surface area contributed by atoms with Crippen LogP contribution in [0, 0.1) is 6.92 Å². The summed E-state index contributed by atoms with van der Waals surface area (Å²) in [5.41, 5.74) is 2.63. The number of fused-ring (bicyclic) bond motifs is 1. The third-order valence-corrected chi connectivity index (χ3v) is 4.71. The van der Waals surface area contributed by atoms with Gasteiger partial charge < -0.3 is 9.45 Å². The zero-order valence-corrected chi connectivity index (χ0v) is 20.1. The molecule has 2 aromatic rings. The van der Waals surface area contributed by atoms with Gasteiger partial charge in [0.25, 0.3) is 16.3 Å². The normalized spacial score (nSPS) is 15.4. The topological polar surface area (TPSA) is 99.1 Å². The van der Waals surface area contributed by atoms with Crippen LogP contribution < -0.4 is 56.3 Å². The Bertz CT molecular complexity index is 1030. The third-order valence-electron chi connectivity index (χ3n) is 4.22. The number of oxime groups is 1. The number of hydrogen-bond donors (Lipinski definition) is 0. The molecule has 3 rings (SSSR count). The first kappa shape index (κ1) is 23.5. The van der Waals surface area contributed by atoms with Crippen molar-refractivity contribution in [3.05, 3.63) is 64.2 Å². The average molecular weight is 447 g/mol. The van der Waals surface area contributed by atoms with E-state index in [1.54, 1.807) is 35.2 Å². The van der Waals surface area contributed by atoms with Crippen molar-refractivity contribution in [3.8, 4) is 0 Å². The van der Waals surface area contributed by atoms with Gasteiger partial charge in [0.2, 0.25) is 0 Å². The van der Waals surface area contributed by atoms with Crippen LogP contribution in [0.3, 0.4) is 0 Å². The zero-order chi connectivity index (χ0) is 19.6. The minimum absolute atomic E-state index is 0. The molecule has 0 fully saturated rings. The maximum atomic E-state index is 13.1. The molecule has 2 aromatic carbocycles. The molecule has 1 heterocycles. The molecule has 0 aromatic heterocycles. The van der Waals surface area contributed by atoms with Gasteiger partial charge in [0, 0.05) is 22.7 Å². The summed E-state index contributed by atoms with van der Waals surface area (Å²) in [4.78, 5) is 14.7. The first-order valence-electron chi connectivity index (χ1n) is 8.15. The second-order valence-electron chi connectivity index (χ2n) is 6.06. The van der Waals surface area contributed by atoms with E-state index in [1.807, 2.05) is 19.1 Å². The number of amides is 1. The molecule has 0 aliphatic carbocycles. The van der Waals surface area contributed by atoms with E-state index in [0.717, 1.165) is 5.56 Å². The van der Waals surface area contributed by atoms with E-state index < -0.39 is 10.4 Å². The monoisotopic (exact) mass is 446 g/mol. The minimum atomic E-state index is -4.97. The van der Waals surface area contributed by atoms with Gasteiger partial charge in [-0.2, -0.15) is 8.42 Å². The number of carbonyl (C=O) groups excluding carboxylic acids is 1. The number of rotatable bonds is 3. The van der Waals surface area contributed by atoms with E-state index in [-0.39, 0.29) is 63.0 Å². The van der Waals surface area contributed by atoms with Gasteiger partial charge in [-0.15, -0.1) is 0 Å². The van der Waals surface area contributed by atoms with Crippen molar-refractivity contribution in [2.75, 3.05) is 11.4 Å². The summed E-state index contributed by atoms with van der Waals surface area (Å²) < 4.78 is 36.3. The second kappa shape index (κ2) is 9.81. The Kier molecular flexibility index (Phi) is 8.23. The summed E-state index contributed by atoms with van der Waals surface area (Å²) >= 11 is 6.12. The SMILES string of the molecule is Cc1ccccc1C(=O)N1CCC/C(=N\OS(=O)(=O)[O-])c2ccc(Cl)cc21.[K+]. The summed E-state index contributed by atoms with van der Waals surface area (Å²) in [6.45, 7) is 2.23. The molecule has 0 saturated heterocycles. The van der Waals surface area contributed by atoms with E-state index in [9.17, 15) is 17.8 Å². The van der Waals surface area contributed by atoms with E-state index >= 15 is 0 Å². The molecule has 1 amide bonds. The van der Waals surface area contributed by atoms with Crippen LogP contribution in [0.25, 0.3) is 0 Å². The smallest absolute Gasteiger partial charge is 0.714 e. The molecule has 0 atom stereocenters. The first-order chi connectivity index (χ1) is 12.8. The van der Waals surface area contributed by atoms with Crippen LogP contribution in [0.4, 0.5) is 5.69 Å². The summed E-state index contributed by atoms with van der Waals surface area (Å²) in [6.07, 6.45) is 0.840. The van der Waals surface area contributed by atoms with Crippen LogP contribution in [0.1, 0.15) is 34.3 Å². The molecule has 0 spiro atoms. The van der Waals surface area contributed by atoms with Crippen molar-refractivity contribution in [1.29, 1.82) is 0 Å². The number of aryl methyl sites for hydroxylation is 1. The zero-order valence-electron chi connectivity index (χ0n) is 15.4. The first-order valence-corrected chi connectivity index (χ1v) is 9.86. The van der Waals surface area contributed by atoms with Gasteiger partial charge in [-0.1, -0.05) is 35.0 Å². The number of hydrogen-bond acceptors (Lipinski definition) is 6. The molecular formula is C18H16ClKN2O5S. The fraction of sp³-hybridized carbons (Fsp3) is 0.222. The number of carbonyl (C=O) groups is 1. The van der Waals surface area contributed by atoms with Crippen LogP contribution in [-0.4, -0.2) is 31.1 Å². The largest absolute Gasteiger partial charge is 1.00 e. The van der Waals surface area contributed by atoms with E-state index in [0.29, 0.717) is 41.2 Å². The number of halogens is 1. The van der Waals surface area contributed by atoms with Gasteiger partial charge in [-0.05, 0) is 49.6 Å². The summed E-state index contributed by atoms with van der Waals surface area (Å²) in [7, 11) is -4.97. The van der Waals surface area contributed by atoms with Crippen molar-refractivity contribution in [2.45, 2.75) is 19.8 Å².